The Bertz CT molecular complexity index is 1360. The van der Waals surface area contributed by atoms with Crippen molar-refractivity contribution in [2.75, 3.05) is 11.9 Å². The molecule has 5 rings (SSSR count). The van der Waals surface area contributed by atoms with Gasteiger partial charge in [0.2, 0.25) is 5.91 Å². The van der Waals surface area contributed by atoms with Gasteiger partial charge >= 0.3 is 0 Å². The van der Waals surface area contributed by atoms with Crippen LogP contribution in [0.5, 0.6) is 0 Å². The Labute approximate surface area is 217 Å². The zero-order valence-electron chi connectivity index (χ0n) is 20.8. The number of carbonyl (C=O) groups is 1. The molecule has 2 aromatic heterocycles. The van der Waals surface area contributed by atoms with Crippen molar-refractivity contribution in [3.05, 3.63) is 70.5 Å². The first-order valence-electron chi connectivity index (χ1n) is 13.3. The molecule has 36 heavy (non-hydrogen) atoms. The maximum Gasteiger partial charge on any atom is 0.225 e. The van der Waals surface area contributed by atoms with Crippen molar-refractivity contribution in [2.24, 2.45) is 5.73 Å². The molecule has 0 fully saturated rings. The quantitative estimate of drug-likeness (QED) is 0.188. The van der Waals surface area contributed by atoms with Crippen molar-refractivity contribution in [3.63, 3.8) is 0 Å². The molecule has 2 heterocycles. The molecule has 0 aliphatic heterocycles. The van der Waals surface area contributed by atoms with Gasteiger partial charge in [0, 0.05) is 45.4 Å². The SMILES string of the molecule is NC(=O)C(CCCCCCCNc1c2c(nc3cc(Cl)ccc13)CCCC2)c1c[nH]c2ccccc12. The van der Waals surface area contributed by atoms with E-state index < -0.39 is 0 Å². The highest BCUT2D eigenvalue weighted by Gasteiger charge is 2.21. The molecular weight excluding hydrogens is 468 g/mol. The van der Waals surface area contributed by atoms with Gasteiger partial charge in [-0.2, -0.15) is 0 Å². The normalized spacial score (nSPS) is 14.1. The average Bonchev–Trinajstić information content (AvgIpc) is 3.30. The first-order chi connectivity index (χ1) is 17.6. The number of anilines is 1. The van der Waals surface area contributed by atoms with Crippen LogP contribution in [0.3, 0.4) is 0 Å². The molecule has 0 bridgehead atoms. The van der Waals surface area contributed by atoms with Crippen LogP contribution in [0.4, 0.5) is 5.69 Å². The molecule has 1 aliphatic rings. The van der Waals surface area contributed by atoms with Crippen LogP contribution in [0.1, 0.15) is 74.1 Å². The van der Waals surface area contributed by atoms with Crippen molar-refractivity contribution in [1.82, 2.24) is 9.97 Å². The monoisotopic (exact) mass is 502 g/mol. The Hall–Kier alpha value is -3.05. The molecule has 4 N–H and O–H groups in total. The summed E-state index contributed by atoms with van der Waals surface area (Å²) in [5, 5.41) is 6.76. The van der Waals surface area contributed by atoms with Crippen LogP contribution in [0.25, 0.3) is 21.8 Å². The third-order valence-corrected chi connectivity index (χ3v) is 7.77. The molecular formula is C30H35ClN4O. The number of benzene rings is 2. The maximum absolute atomic E-state index is 12.2. The number of hydrogen-bond acceptors (Lipinski definition) is 3. The first-order valence-corrected chi connectivity index (χ1v) is 13.7. The number of para-hydroxylation sites is 1. The second kappa shape index (κ2) is 11.3. The summed E-state index contributed by atoms with van der Waals surface area (Å²) in [6.07, 6.45) is 12.9. The van der Waals surface area contributed by atoms with Gasteiger partial charge in [-0.1, -0.05) is 55.5 Å². The summed E-state index contributed by atoms with van der Waals surface area (Å²) in [6.45, 7) is 0.952. The fourth-order valence-electron chi connectivity index (χ4n) is 5.65. The van der Waals surface area contributed by atoms with Crippen molar-refractivity contribution < 1.29 is 4.79 Å². The van der Waals surface area contributed by atoms with Crippen molar-refractivity contribution in [2.45, 2.75) is 70.1 Å². The summed E-state index contributed by atoms with van der Waals surface area (Å²) >= 11 is 6.25. The lowest BCUT2D eigenvalue weighted by Gasteiger charge is -2.22. The number of pyridine rings is 1. The summed E-state index contributed by atoms with van der Waals surface area (Å²) in [6, 6.07) is 14.1. The molecule has 0 saturated heterocycles. The zero-order chi connectivity index (χ0) is 24.9. The standard InChI is InChI=1S/C30H35ClN4O/c31-20-15-16-24-28(18-20)35-27-14-8-6-12-23(27)29(24)33-17-9-3-1-2-4-11-22(30(32)36)25-19-34-26-13-7-5-10-21(25)26/h5,7,10,13,15-16,18-19,22,34H,1-4,6,8-9,11-12,14,17H2,(H2,32,36)(H,33,35). The van der Waals surface area contributed by atoms with E-state index in [1.54, 1.807) is 0 Å². The van der Waals surface area contributed by atoms with E-state index in [-0.39, 0.29) is 11.8 Å². The van der Waals surface area contributed by atoms with E-state index in [0.717, 1.165) is 78.5 Å². The molecule has 6 heteroatoms. The van der Waals surface area contributed by atoms with Gasteiger partial charge in [0.05, 0.1) is 11.4 Å². The molecule has 0 spiro atoms. The highest BCUT2D eigenvalue weighted by Crippen LogP contribution is 2.34. The predicted molar refractivity (Wildman–Crippen MR) is 150 cm³/mol. The highest BCUT2D eigenvalue weighted by atomic mass is 35.5. The van der Waals surface area contributed by atoms with E-state index in [1.165, 1.54) is 41.6 Å². The van der Waals surface area contributed by atoms with Gasteiger partial charge in [-0.3, -0.25) is 9.78 Å². The van der Waals surface area contributed by atoms with E-state index in [4.69, 9.17) is 22.3 Å². The third kappa shape index (κ3) is 5.36. The molecule has 2 aromatic carbocycles. The Kier molecular flexibility index (Phi) is 7.76. The number of rotatable bonds is 11. The second-order valence-electron chi connectivity index (χ2n) is 10.0. The minimum absolute atomic E-state index is 0.234. The number of fused-ring (bicyclic) bond motifs is 3. The average molecular weight is 503 g/mol. The van der Waals surface area contributed by atoms with E-state index >= 15 is 0 Å². The largest absolute Gasteiger partial charge is 0.384 e. The number of aromatic nitrogens is 2. The van der Waals surface area contributed by atoms with Gasteiger partial charge in [0.25, 0.3) is 0 Å². The smallest absolute Gasteiger partial charge is 0.225 e. The fourth-order valence-corrected chi connectivity index (χ4v) is 5.82. The first kappa shape index (κ1) is 24.6. The van der Waals surface area contributed by atoms with Crippen molar-refractivity contribution >= 4 is 45.0 Å². The number of halogens is 1. The number of aromatic amines is 1. The number of hydrogen-bond donors (Lipinski definition) is 3. The lowest BCUT2D eigenvalue weighted by atomic mass is 9.92. The summed E-state index contributed by atoms with van der Waals surface area (Å²) in [5.74, 6) is -0.472. The lowest BCUT2D eigenvalue weighted by Crippen LogP contribution is -2.21. The molecule has 1 atom stereocenters. The van der Waals surface area contributed by atoms with Crippen LogP contribution in [0.15, 0.2) is 48.7 Å². The number of H-pyrrole nitrogens is 1. The number of carbonyl (C=O) groups excluding carboxylic acids is 1. The number of primary amides is 1. The Balaban J connectivity index is 1.11. The number of aryl methyl sites for hydroxylation is 1. The van der Waals surface area contributed by atoms with Gasteiger partial charge in [0.1, 0.15) is 0 Å². The minimum atomic E-state index is -0.238. The van der Waals surface area contributed by atoms with Crippen molar-refractivity contribution in [1.29, 1.82) is 0 Å². The molecule has 1 aliphatic carbocycles. The lowest BCUT2D eigenvalue weighted by molar-refractivity contribution is -0.119. The molecule has 5 nitrogen and oxygen atoms in total. The Morgan fingerprint density at radius 3 is 2.72 bits per heavy atom. The predicted octanol–water partition coefficient (Wildman–Crippen LogP) is 7.27. The maximum atomic E-state index is 12.2. The van der Waals surface area contributed by atoms with E-state index in [9.17, 15) is 4.79 Å². The third-order valence-electron chi connectivity index (χ3n) is 7.54. The van der Waals surface area contributed by atoms with Gasteiger partial charge in [-0.25, -0.2) is 0 Å². The summed E-state index contributed by atoms with van der Waals surface area (Å²) in [7, 11) is 0. The molecule has 4 aromatic rings. The van der Waals surface area contributed by atoms with E-state index in [1.807, 2.05) is 36.5 Å². The van der Waals surface area contributed by atoms with Crippen LogP contribution in [-0.4, -0.2) is 22.4 Å². The summed E-state index contributed by atoms with van der Waals surface area (Å²) in [4.78, 5) is 20.4. The summed E-state index contributed by atoms with van der Waals surface area (Å²) < 4.78 is 0. The number of nitrogens with zero attached hydrogens (tertiary/aromatic N) is 1. The van der Waals surface area contributed by atoms with Crippen LogP contribution >= 0.6 is 11.6 Å². The van der Waals surface area contributed by atoms with Gasteiger partial charge in [-0.15, -0.1) is 0 Å². The molecule has 0 saturated carbocycles. The number of unbranched alkanes of at least 4 members (excludes halogenated alkanes) is 4. The van der Waals surface area contributed by atoms with Gasteiger partial charge in [0.15, 0.2) is 0 Å². The van der Waals surface area contributed by atoms with Crippen LogP contribution < -0.4 is 11.1 Å². The molecule has 188 valence electrons. The fraction of sp³-hybridized carbons (Fsp3) is 0.400. The number of amides is 1. The molecule has 1 unspecified atom stereocenters. The second-order valence-corrected chi connectivity index (χ2v) is 10.4. The summed E-state index contributed by atoms with van der Waals surface area (Å²) in [5.41, 5.74) is 12.7. The van der Waals surface area contributed by atoms with Crippen LogP contribution in [-0.2, 0) is 17.6 Å². The highest BCUT2D eigenvalue weighted by molar-refractivity contribution is 6.31. The zero-order valence-corrected chi connectivity index (χ0v) is 21.5. The Morgan fingerprint density at radius 2 is 1.83 bits per heavy atom. The van der Waals surface area contributed by atoms with E-state index in [2.05, 4.69) is 22.4 Å². The Morgan fingerprint density at radius 1 is 1.03 bits per heavy atom. The van der Waals surface area contributed by atoms with Gasteiger partial charge in [-0.05, 0) is 73.9 Å². The molecule has 0 radical (unpaired) electrons. The van der Waals surface area contributed by atoms with Gasteiger partial charge < -0.3 is 16.0 Å². The minimum Gasteiger partial charge on any atom is -0.384 e. The number of nitrogens with two attached hydrogens (primary N) is 1. The van der Waals surface area contributed by atoms with Crippen LogP contribution in [0, 0.1) is 0 Å². The number of nitrogens with one attached hydrogen (secondary N) is 2. The van der Waals surface area contributed by atoms with E-state index in [0.29, 0.717) is 0 Å². The topological polar surface area (TPSA) is 83.8 Å². The van der Waals surface area contributed by atoms with Crippen LogP contribution in [0.2, 0.25) is 5.02 Å². The van der Waals surface area contributed by atoms with Crippen molar-refractivity contribution in [3.8, 4) is 0 Å². The molecule has 1 amide bonds.